The second kappa shape index (κ2) is 8.02. The summed E-state index contributed by atoms with van der Waals surface area (Å²) in [5.41, 5.74) is 1.30. The zero-order chi connectivity index (χ0) is 15.2. The highest BCUT2D eigenvalue weighted by atomic mass is 79.9. The van der Waals surface area contributed by atoms with Gasteiger partial charge in [0.05, 0.1) is 6.61 Å². The van der Waals surface area contributed by atoms with Crippen molar-refractivity contribution in [1.82, 2.24) is 4.57 Å². The van der Waals surface area contributed by atoms with E-state index >= 15 is 0 Å². The Morgan fingerprint density at radius 3 is 2.86 bits per heavy atom. The quantitative estimate of drug-likeness (QED) is 0.527. The average molecular weight is 366 g/mol. The number of fused-ring (bicyclic) bond motifs is 1. The number of ether oxygens (including phenoxy) is 2. The van der Waals surface area contributed by atoms with Crippen LogP contribution in [0.4, 0.5) is 0 Å². The molecule has 1 aliphatic heterocycles. The van der Waals surface area contributed by atoms with E-state index in [9.17, 15) is 0 Å². The molecule has 0 amide bonds. The molecule has 0 radical (unpaired) electrons. The molecule has 1 aromatic heterocycles. The summed E-state index contributed by atoms with van der Waals surface area (Å²) in [7, 11) is 0. The van der Waals surface area contributed by atoms with E-state index in [2.05, 4.69) is 51.0 Å². The molecule has 22 heavy (non-hydrogen) atoms. The van der Waals surface area contributed by atoms with Crippen LogP contribution in [0.15, 0.2) is 30.5 Å². The largest absolute Gasteiger partial charge is 0.494 e. The van der Waals surface area contributed by atoms with Crippen molar-refractivity contribution >= 4 is 26.8 Å². The minimum atomic E-state index is 0.740. The molecule has 0 bridgehead atoms. The molecule has 3 rings (SSSR count). The third-order valence-electron chi connectivity index (χ3n) is 4.33. The highest BCUT2D eigenvalue weighted by molar-refractivity contribution is 9.09. The molecular weight excluding hydrogens is 342 g/mol. The Morgan fingerprint density at radius 2 is 2.05 bits per heavy atom. The van der Waals surface area contributed by atoms with Crippen LogP contribution in [0.3, 0.4) is 0 Å². The standard InChI is InChI=1S/C18H24BrNO2/c19-8-1-2-10-22-17-3-4-18-16(13-17)5-9-20(18)14-15-6-11-21-12-7-15/h3-5,9,13,15H,1-2,6-8,10-12,14H2. The number of hydrogen-bond donors (Lipinski definition) is 0. The minimum absolute atomic E-state index is 0.740. The van der Waals surface area contributed by atoms with Crippen LogP contribution in [0.1, 0.15) is 25.7 Å². The zero-order valence-corrected chi connectivity index (χ0v) is 14.6. The van der Waals surface area contributed by atoms with Gasteiger partial charge in [-0.1, -0.05) is 15.9 Å². The first-order valence-electron chi connectivity index (χ1n) is 8.22. The Hall–Kier alpha value is -1.00. The molecular formula is C18H24BrNO2. The Bertz CT molecular complexity index is 590. The topological polar surface area (TPSA) is 23.4 Å². The summed E-state index contributed by atoms with van der Waals surface area (Å²) < 4.78 is 13.7. The third kappa shape index (κ3) is 4.05. The first kappa shape index (κ1) is 15.9. The molecule has 1 aliphatic rings. The molecule has 1 saturated heterocycles. The average Bonchev–Trinajstić information content (AvgIpc) is 2.95. The van der Waals surface area contributed by atoms with Crippen molar-refractivity contribution in [2.45, 2.75) is 32.2 Å². The van der Waals surface area contributed by atoms with Gasteiger partial charge in [0.1, 0.15) is 5.75 Å². The Kier molecular flexibility index (Phi) is 5.79. The molecule has 4 heteroatoms. The van der Waals surface area contributed by atoms with E-state index in [-0.39, 0.29) is 0 Å². The van der Waals surface area contributed by atoms with Crippen molar-refractivity contribution in [3.8, 4) is 5.75 Å². The first-order chi connectivity index (χ1) is 10.9. The lowest BCUT2D eigenvalue weighted by Gasteiger charge is -2.22. The predicted molar refractivity (Wildman–Crippen MR) is 94.0 cm³/mol. The molecule has 0 atom stereocenters. The molecule has 1 aromatic carbocycles. The highest BCUT2D eigenvalue weighted by Crippen LogP contribution is 2.25. The van der Waals surface area contributed by atoms with E-state index in [1.807, 2.05) is 0 Å². The summed E-state index contributed by atoms with van der Waals surface area (Å²) in [5.74, 6) is 1.72. The lowest BCUT2D eigenvalue weighted by atomic mass is 10.0. The third-order valence-corrected chi connectivity index (χ3v) is 4.90. The van der Waals surface area contributed by atoms with Gasteiger partial charge < -0.3 is 14.0 Å². The number of benzene rings is 1. The van der Waals surface area contributed by atoms with E-state index in [1.165, 1.54) is 23.7 Å². The molecule has 0 spiro atoms. The van der Waals surface area contributed by atoms with Gasteiger partial charge in [0.15, 0.2) is 0 Å². The summed E-state index contributed by atoms with van der Waals surface area (Å²) >= 11 is 3.45. The van der Waals surface area contributed by atoms with Gasteiger partial charge in [-0.3, -0.25) is 0 Å². The first-order valence-corrected chi connectivity index (χ1v) is 9.34. The van der Waals surface area contributed by atoms with Crippen molar-refractivity contribution in [3.63, 3.8) is 0 Å². The molecule has 3 nitrogen and oxygen atoms in total. The highest BCUT2D eigenvalue weighted by Gasteiger charge is 2.15. The van der Waals surface area contributed by atoms with Crippen LogP contribution in [0.2, 0.25) is 0 Å². The fourth-order valence-corrected chi connectivity index (χ4v) is 3.42. The van der Waals surface area contributed by atoms with Gasteiger partial charge in [-0.15, -0.1) is 0 Å². The van der Waals surface area contributed by atoms with Gasteiger partial charge in [-0.2, -0.15) is 0 Å². The van der Waals surface area contributed by atoms with Crippen molar-refractivity contribution < 1.29 is 9.47 Å². The van der Waals surface area contributed by atoms with Gasteiger partial charge in [-0.25, -0.2) is 0 Å². The number of unbranched alkanes of at least 4 members (excludes halogenated alkanes) is 1. The van der Waals surface area contributed by atoms with Crippen LogP contribution in [0, 0.1) is 5.92 Å². The summed E-state index contributed by atoms with van der Waals surface area (Å²) in [6.45, 7) is 3.71. The van der Waals surface area contributed by atoms with Crippen LogP contribution in [0.25, 0.3) is 10.9 Å². The van der Waals surface area contributed by atoms with Gasteiger partial charge in [0, 0.05) is 42.2 Å². The summed E-state index contributed by atoms with van der Waals surface area (Å²) in [6, 6.07) is 8.63. The molecule has 1 fully saturated rings. The van der Waals surface area contributed by atoms with Crippen LogP contribution < -0.4 is 4.74 Å². The fraction of sp³-hybridized carbons (Fsp3) is 0.556. The van der Waals surface area contributed by atoms with E-state index in [1.54, 1.807) is 0 Å². The number of hydrogen-bond acceptors (Lipinski definition) is 2. The van der Waals surface area contributed by atoms with Crippen LogP contribution >= 0.6 is 15.9 Å². The number of alkyl halides is 1. The fourth-order valence-electron chi connectivity index (χ4n) is 3.02. The summed E-state index contributed by atoms with van der Waals surface area (Å²) in [4.78, 5) is 0. The number of aromatic nitrogens is 1. The molecule has 0 aliphatic carbocycles. The van der Waals surface area contributed by atoms with E-state index in [0.717, 1.165) is 56.2 Å². The van der Waals surface area contributed by atoms with Crippen LogP contribution in [0.5, 0.6) is 5.75 Å². The second-order valence-electron chi connectivity index (χ2n) is 5.99. The molecule has 0 saturated carbocycles. The van der Waals surface area contributed by atoms with E-state index in [0.29, 0.717) is 0 Å². The maximum Gasteiger partial charge on any atom is 0.120 e. The van der Waals surface area contributed by atoms with Crippen molar-refractivity contribution in [2.24, 2.45) is 5.92 Å². The molecule has 0 N–H and O–H groups in total. The minimum Gasteiger partial charge on any atom is -0.494 e. The Balaban J connectivity index is 1.64. The number of nitrogens with zero attached hydrogens (tertiary/aromatic N) is 1. The summed E-state index contributed by atoms with van der Waals surface area (Å²) in [5, 5.41) is 2.31. The van der Waals surface area contributed by atoms with E-state index in [4.69, 9.17) is 9.47 Å². The Labute approximate surface area is 140 Å². The second-order valence-corrected chi connectivity index (χ2v) is 6.78. The molecule has 120 valence electrons. The van der Waals surface area contributed by atoms with Crippen LogP contribution in [-0.4, -0.2) is 29.7 Å². The maximum atomic E-state index is 5.83. The maximum absolute atomic E-state index is 5.83. The lowest BCUT2D eigenvalue weighted by molar-refractivity contribution is 0.0616. The molecule has 2 aromatic rings. The van der Waals surface area contributed by atoms with Gasteiger partial charge in [-0.05, 0) is 55.9 Å². The van der Waals surface area contributed by atoms with E-state index < -0.39 is 0 Å². The van der Waals surface area contributed by atoms with Gasteiger partial charge >= 0.3 is 0 Å². The SMILES string of the molecule is BrCCCCOc1ccc2c(ccn2CC2CCOCC2)c1. The lowest BCUT2D eigenvalue weighted by Crippen LogP contribution is -2.19. The predicted octanol–water partition coefficient (Wildman–Crippen LogP) is 4.62. The van der Waals surface area contributed by atoms with Gasteiger partial charge in [0.25, 0.3) is 0 Å². The smallest absolute Gasteiger partial charge is 0.120 e. The number of halogens is 1. The number of rotatable bonds is 7. The van der Waals surface area contributed by atoms with Crippen molar-refractivity contribution in [3.05, 3.63) is 30.5 Å². The molecule has 2 heterocycles. The monoisotopic (exact) mass is 365 g/mol. The summed E-state index contributed by atoms with van der Waals surface area (Å²) in [6.07, 6.45) is 6.80. The van der Waals surface area contributed by atoms with Gasteiger partial charge in [0.2, 0.25) is 0 Å². The molecule has 0 unspecified atom stereocenters. The van der Waals surface area contributed by atoms with Crippen molar-refractivity contribution in [2.75, 3.05) is 25.2 Å². The van der Waals surface area contributed by atoms with Crippen LogP contribution in [-0.2, 0) is 11.3 Å². The normalized spacial score (nSPS) is 16.2. The zero-order valence-electron chi connectivity index (χ0n) is 13.0. The van der Waals surface area contributed by atoms with Crippen molar-refractivity contribution in [1.29, 1.82) is 0 Å². The Morgan fingerprint density at radius 1 is 1.18 bits per heavy atom.